The second kappa shape index (κ2) is 9.12. The molecule has 0 aliphatic carbocycles. The van der Waals surface area contributed by atoms with E-state index in [1.54, 1.807) is 24.7 Å². The summed E-state index contributed by atoms with van der Waals surface area (Å²) in [6.45, 7) is 10.2. The maximum absolute atomic E-state index is 5.83. The van der Waals surface area contributed by atoms with Gasteiger partial charge in [-0.05, 0) is 0 Å². The third kappa shape index (κ3) is 4.86. The van der Waals surface area contributed by atoms with Crippen LogP contribution in [-0.2, 0) is 4.74 Å². The van der Waals surface area contributed by atoms with Crippen molar-refractivity contribution in [1.29, 1.82) is 0 Å². The number of benzene rings is 1. The molecule has 2 aromatic heterocycles. The zero-order chi connectivity index (χ0) is 19.4. The van der Waals surface area contributed by atoms with Crippen molar-refractivity contribution in [3.8, 4) is 11.3 Å². The number of ether oxygens (including phenoxy) is 1. The number of morpholine rings is 1. The van der Waals surface area contributed by atoms with Crippen molar-refractivity contribution in [2.24, 2.45) is 0 Å². The first kappa shape index (κ1) is 20.2. The molecule has 1 N–H and O–H groups in total. The number of rotatable bonds is 2. The first-order valence-electron chi connectivity index (χ1n) is 9.52. The van der Waals surface area contributed by atoms with Gasteiger partial charge >= 0.3 is 156 Å². The van der Waals surface area contributed by atoms with Gasteiger partial charge in [0, 0.05) is 0 Å². The second-order valence-electron chi connectivity index (χ2n) is 7.03. The summed E-state index contributed by atoms with van der Waals surface area (Å²) in [6.07, 6.45) is 3.56. The zero-order valence-electron chi connectivity index (χ0n) is 16.4. The average Bonchev–Trinajstić information content (AvgIpc) is 3.05. The molecule has 2 atom stereocenters. The van der Waals surface area contributed by atoms with Gasteiger partial charge in [0.15, 0.2) is 0 Å². The topological polar surface area (TPSA) is 54.0 Å². The van der Waals surface area contributed by atoms with E-state index in [1.807, 2.05) is 12.3 Å². The minimum atomic E-state index is 0.218. The third-order valence-electron chi connectivity index (χ3n) is 4.29. The van der Waals surface area contributed by atoms with Crippen molar-refractivity contribution in [3.05, 3.63) is 36.5 Å². The number of aromatic nitrogens is 3. The van der Waals surface area contributed by atoms with E-state index in [4.69, 9.17) is 4.74 Å². The zero-order valence-corrected chi connectivity index (χ0v) is 19.3. The fraction of sp³-hybridized carbons (Fsp3) is 0.429. The van der Waals surface area contributed by atoms with Crippen molar-refractivity contribution >= 4 is 20.0 Å². The maximum Gasteiger partial charge on any atom is -0.0590 e. The quantitative estimate of drug-likeness (QED) is 0.517. The molecular weight excluding hydrogens is 534 g/mol. The number of nitrogens with one attached hydrogen (secondary N) is 1. The van der Waals surface area contributed by atoms with Crippen LogP contribution in [-0.4, -0.2) is 40.5 Å². The maximum atomic E-state index is 5.83. The Morgan fingerprint density at radius 1 is 1.15 bits per heavy atom. The normalized spacial score (nSPS) is 19.7. The van der Waals surface area contributed by atoms with Crippen LogP contribution in [0.3, 0.4) is 0 Å². The Morgan fingerprint density at radius 3 is 2.56 bits per heavy atom. The van der Waals surface area contributed by atoms with Gasteiger partial charge in [-0.15, -0.1) is 0 Å². The van der Waals surface area contributed by atoms with Gasteiger partial charge in [0.2, 0.25) is 0 Å². The van der Waals surface area contributed by atoms with E-state index in [0.717, 1.165) is 41.1 Å². The van der Waals surface area contributed by atoms with Gasteiger partial charge in [0.05, 0.1) is 0 Å². The summed E-state index contributed by atoms with van der Waals surface area (Å²) < 4.78 is 7.11. The molecule has 1 aromatic carbocycles. The summed E-state index contributed by atoms with van der Waals surface area (Å²) in [5, 5.41) is 8.82. The Hall–Kier alpha value is -1.52. The predicted molar refractivity (Wildman–Crippen MR) is 107 cm³/mol. The molecule has 0 saturated carbocycles. The van der Waals surface area contributed by atoms with Crippen molar-refractivity contribution < 1.29 is 29.5 Å². The molecule has 0 amide bonds. The molecule has 1 fully saturated rings. The van der Waals surface area contributed by atoms with E-state index < -0.39 is 0 Å². The van der Waals surface area contributed by atoms with Crippen LogP contribution in [0.1, 0.15) is 34.1 Å². The minimum absolute atomic E-state index is 0.218. The number of hydrogen-bond acceptors (Lipinski definition) is 4. The van der Waals surface area contributed by atoms with Gasteiger partial charge in [-0.3, -0.25) is 0 Å². The number of H-pyrrole nitrogens is 1. The molecular formula is C21H27AtN4O. The number of nitrogens with zero attached hydrogens (tertiary/aromatic N) is 3. The van der Waals surface area contributed by atoms with Crippen LogP contribution < -0.4 is 8.17 Å². The second-order valence-corrected chi connectivity index (χ2v) is 8.73. The van der Waals surface area contributed by atoms with Gasteiger partial charge in [0.25, 0.3) is 0 Å². The third-order valence-corrected chi connectivity index (χ3v) is 5.20. The number of fused-ring (bicyclic) bond motifs is 1. The van der Waals surface area contributed by atoms with E-state index >= 15 is 0 Å². The summed E-state index contributed by atoms with van der Waals surface area (Å²) in [7, 11) is 0. The van der Waals surface area contributed by atoms with Gasteiger partial charge in [-0.1, -0.05) is 20.3 Å². The molecule has 1 aliphatic rings. The molecule has 5 nitrogen and oxygen atoms in total. The Kier molecular flexibility index (Phi) is 6.83. The van der Waals surface area contributed by atoms with Crippen molar-refractivity contribution in [1.82, 2.24) is 15.2 Å². The minimum Gasteiger partial charge on any atom is -0.0656 e. The molecule has 144 valence electrons. The first-order chi connectivity index (χ1) is 13.0. The molecule has 27 heavy (non-hydrogen) atoms. The summed E-state index contributed by atoms with van der Waals surface area (Å²) in [6, 6.07) is 10.6. The number of anilines is 1. The fourth-order valence-corrected chi connectivity index (χ4v) is 3.98. The molecule has 0 spiro atoms. The van der Waals surface area contributed by atoms with Gasteiger partial charge in [0.1, 0.15) is 0 Å². The van der Waals surface area contributed by atoms with E-state index in [0.29, 0.717) is 0 Å². The van der Waals surface area contributed by atoms with E-state index in [1.165, 1.54) is 9.69 Å². The molecule has 1 aliphatic heterocycles. The molecule has 3 heterocycles. The smallest absolute Gasteiger partial charge is 0.0590 e. The van der Waals surface area contributed by atoms with Crippen LogP contribution >= 0.6 is 0 Å². The summed E-state index contributed by atoms with van der Waals surface area (Å²) in [5.74, 6) is 0.988. The van der Waals surface area contributed by atoms with Crippen LogP contribution in [0, 0.1) is 24.7 Å². The Labute approximate surface area is 176 Å². The molecule has 4 rings (SSSR count). The van der Waals surface area contributed by atoms with Gasteiger partial charge < -0.3 is 0 Å². The predicted octanol–water partition coefficient (Wildman–Crippen LogP) is 3.83. The molecule has 0 bridgehead atoms. The monoisotopic (exact) mass is 561 g/mol. The number of aromatic amines is 1. The molecule has 6 heteroatoms. The first-order valence-corrected chi connectivity index (χ1v) is 11.0. The standard InChI is InChI=1S/C18H19AtN4O.C3H8/c1-11-9-23(10-12(2)24-11)17-7-13(5-6-20-17)18-15-8-14(19)3-4-16(15)21-22-18;1-3-2/h3-8,11-12H,9-10H2,1-2H3,(H,21,22);3H2,1-2H3. The molecule has 1 saturated heterocycles. The van der Waals surface area contributed by atoms with Crippen LogP contribution in [0.15, 0.2) is 36.5 Å². The van der Waals surface area contributed by atoms with Crippen LogP contribution in [0.2, 0.25) is 0 Å². The summed E-state index contributed by atoms with van der Waals surface area (Å²) >= 11 is 1.68. The summed E-state index contributed by atoms with van der Waals surface area (Å²) in [4.78, 5) is 6.87. The van der Waals surface area contributed by atoms with Crippen LogP contribution in [0.4, 0.5) is 5.82 Å². The largest absolute Gasteiger partial charge is 0.0656 e. The Balaban J connectivity index is 0.000000659. The van der Waals surface area contributed by atoms with E-state index in [2.05, 4.69) is 72.0 Å². The molecule has 2 unspecified atom stereocenters. The molecule has 0 radical (unpaired) electrons. The van der Waals surface area contributed by atoms with Crippen molar-refractivity contribution in [3.63, 3.8) is 0 Å². The Bertz CT molecular complexity index is 885. The van der Waals surface area contributed by atoms with Crippen molar-refractivity contribution in [2.45, 2.75) is 46.3 Å². The average molecular weight is 561 g/mol. The molecule has 3 aromatic rings. The SMILES string of the molecule is CC1CN(c2cc(-c3n[nH]c4ccc([At])cc34)ccn2)CC(C)O1.CCC. The number of hydrogen-bond donors (Lipinski definition) is 1. The van der Waals surface area contributed by atoms with Crippen molar-refractivity contribution in [2.75, 3.05) is 18.0 Å². The summed E-state index contributed by atoms with van der Waals surface area (Å²) in [5.41, 5.74) is 3.15. The van der Waals surface area contributed by atoms with Gasteiger partial charge in [-0.2, -0.15) is 0 Å². The van der Waals surface area contributed by atoms with E-state index in [-0.39, 0.29) is 12.2 Å². The fourth-order valence-electron chi connectivity index (χ4n) is 3.31. The van der Waals surface area contributed by atoms with Gasteiger partial charge in [-0.25, -0.2) is 0 Å². The van der Waals surface area contributed by atoms with Crippen LogP contribution in [0.25, 0.3) is 22.2 Å². The number of pyridine rings is 1. The Morgan fingerprint density at radius 2 is 1.85 bits per heavy atom. The van der Waals surface area contributed by atoms with Crippen LogP contribution in [0.5, 0.6) is 0 Å². The van der Waals surface area contributed by atoms with E-state index in [9.17, 15) is 0 Å².